The normalized spacial score (nSPS) is 11.1. The van der Waals surface area contributed by atoms with E-state index in [2.05, 4.69) is 49.4 Å². The van der Waals surface area contributed by atoms with Crippen LogP contribution < -0.4 is 4.74 Å². The molecule has 2 aromatic heterocycles. The number of para-hydroxylation sites is 1. The average molecular weight is 406 g/mol. The summed E-state index contributed by atoms with van der Waals surface area (Å²) in [6.45, 7) is 4.15. The van der Waals surface area contributed by atoms with Gasteiger partial charge in [-0.2, -0.15) is 5.10 Å². The van der Waals surface area contributed by atoms with Crippen LogP contribution in [0.5, 0.6) is 5.75 Å². The number of hydrogen-bond donors (Lipinski definition) is 0. The van der Waals surface area contributed by atoms with Crippen LogP contribution in [0.15, 0.2) is 84.9 Å². The van der Waals surface area contributed by atoms with Crippen molar-refractivity contribution in [2.45, 2.75) is 13.8 Å². The second-order valence-electron chi connectivity index (χ2n) is 7.68. The van der Waals surface area contributed by atoms with Gasteiger partial charge in [-0.3, -0.25) is 0 Å². The summed E-state index contributed by atoms with van der Waals surface area (Å²) in [7, 11) is 1.68. The van der Waals surface area contributed by atoms with E-state index in [1.165, 1.54) is 5.56 Å². The van der Waals surface area contributed by atoms with E-state index >= 15 is 0 Å². The van der Waals surface area contributed by atoms with Gasteiger partial charge in [0.1, 0.15) is 5.75 Å². The molecular weight excluding hydrogens is 382 g/mol. The monoisotopic (exact) mass is 405 g/mol. The number of ether oxygens (including phenoxy) is 1. The van der Waals surface area contributed by atoms with Gasteiger partial charge in [-0.05, 0) is 67.4 Å². The Labute approximate surface area is 181 Å². The summed E-state index contributed by atoms with van der Waals surface area (Å²) < 4.78 is 7.27. The minimum Gasteiger partial charge on any atom is -0.497 e. The first-order valence-corrected chi connectivity index (χ1v) is 10.3. The van der Waals surface area contributed by atoms with E-state index in [1.54, 1.807) is 7.11 Å². The van der Waals surface area contributed by atoms with Gasteiger partial charge >= 0.3 is 0 Å². The summed E-state index contributed by atoms with van der Waals surface area (Å²) >= 11 is 0. The first-order valence-electron chi connectivity index (χ1n) is 10.3. The van der Waals surface area contributed by atoms with E-state index in [-0.39, 0.29) is 0 Å². The predicted octanol–water partition coefficient (Wildman–Crippen LogP) is 6.38. The van der Waals surface area contributed by atoms with Gasteiger partial charge in [0.05, 0.1) is 29.6 Å². The largest absolute Gasteiger partial charge is 0.497 e. The van der Waals surface area contributed by atoms with Crippen molar-refractivity contribution in [3.63, 3.8) is 0 Å². The Hall–Kier alpha value is -3.92. The molecule has 5 aromatic rings. The number of pyridine rings is 1. The van der Waals surface area contributed by atoms with Crippen molar-refractivity contribution < 1.29 is 4.74 Å². The van der Waals surface area contributed by atoms with Crippen molar-refractivity contribution >= 4 is 11.0 Å². The fourth-order valence-corrected chi connectivity index (χ4v) is 3.91. The maximum Gasteiger partial charge on any atom is 0.164 e. The van der Waals surface area contributed by atoms with Gasteiger partial charge in [0.2, 0.25) is 0 Å². The SMILES string of the molecule is COc1ccc(-c2cc(-c3ccc(C)cc3)c3c(C)nn(-c4ccccc4)c3n2)cc1. The first kappa shape index (κ1) is 19.1. The van der Waals surface area contributed by atoms with Crippen molar-refractivity contribution in [3.05, 3.63) is 96.2 Å². The average Bonchev–Trinajstić information content (AvgIpc) is 3.16. The molecule has 0 aliphatic heterocycles. The summed E-state index contributed by atoms with van der Waals surface area (Å²) in [4.78, 5) is 5.06. The molecule has 5 rings (SSSR count). The molecule has 0 radical (unpaired) electrons. The molecule has 0 bridgehead atoms. The van der Waals surface area contributed by atoms with Crippen molar-refractivity contribution in [2.75, 3.05) is 7.11 Å². The Morgan fingerprint density at radius 3 is 2.13 bits per heavy atom. The lowest BCUT2D eigenvalue weighted by molar-refractivity contribution is 0.415. The van der Waals surface area contributed by atoms with Gasteiger partial charge in [-0.25, -0.2) is 9.67 Å². The third kappa shape index (κ3) is 3.46. The third-order valence-corrected chi connectivity index (χ3v) is 5.56. The molecule has 4 nitrogen and oxygen atoms in total. The van der Waals surface area contributed by atoms with E-state index in [4.69, 9.17) is 14.8 Å². The highest BCUT2D eigenvalue weighted by atomic mass is 16.5. The molecule has 0 saturated heterocycles. The minimum absolute atomic E-state index is 0.828. The number of hydrogen-bond acceptors (Lipinski definition) is 3. The van der Waals surface area contributed by atoms with E-state index in [1.807, 2.05) is 54.1 Å². The van der Waals surface area contributed by atoms with E-state index in [0.29, 0.717) is 0 Å². The molecule has 152 valence electrons. The van der Waals surface area contributed by atoms with Gasteiger partial charge < -0.3 is 4.74 Å². The van der Waals surface area contributed by atoms with Crippen LogP contribution >= 0.6 is 0 Å². The Kier molecular flexibility index (Phi) is 4.75. The summed E-state index contributed by atoms with van der Waals surface area (Å²) in [5, 5.41) is 5.93. The lowest BCUT2D eigenvalue weighted by Crippen LogP contribution is -1.98. The van der Waals surface area contributed by atoms with Crippen molar-refractivity contribution in [1.29, 1.82) is 0 Å². The smallest absolute Gasteiger partial charge is 0.164 e. The number of methoxy groups -OCH3 is 1. The maximum absolute atomic E-state index is 5.33. The van der Waals surface area contributed by atoms with Gasteiger partial charge in [-0.1, -0.05) is 48.0 Å². The molecular formula is C27H23N3O. The van der Waals surface area contributed by atoms with Crippen LogP contribution in [0.2, 0.25) is 0 Å². The molecule has 0 aliphatic rings. The highest BCUT2D eigenvalue weighted by Gasteiger charge is 2.18. The Balaban J connectivity index is 1.81. The lowest BCUT2D eigenvalue weighted by atomic mass is 9.98. The Morgan fingerprint density at radius 2 is 1.45 bits per heavy atom. The van der Waals surface area contributed by atoms with Gasteiger partial charge in [0.25, 0.3) is 0 Å². The van der Waals surface area contributed by atoms with Crippen molar-refractivity contribution in [3.8, 4) is 33.8 Å². The van der Waals surface area contributed by atoms with Crippen LogP contribution in [0.25, 0.3) is 39.1 Å². The highest BCUT2D eigenvalue weighted by Crippen LogP contribution is 2.35. The minimum atomic E-state index is 0.828. The third-order valence-electron chi connectivity index (χ3n) is 5.56. The molecule has 0 fully saturated rings. The summed E-state index contributed by atoms with van der Waals surface area (Å²) in [5.74, 6) is 0.828. The summed E-state index contributed by atoms with van der Waals surface area (Å²) in [5.41, 5.74) is 8.28. The zero-order chi connectivity index (χ0) is 21.4. The molecule has 2 heterocycles. The second-order valence-corrected chi connectivity index (χ2v) is 7.68. The first-order chi connectivity index (χ1) is 15.1. The van der Waals surface area contributed by atoms with E-state index < -0.39 is 0 Å². The molecule has 0 spiro atoms. The summed E-state index contributed by atoms with van der Waals surface area (Å²) in [6, 6.07) is 29.0. The van der Waals surface area contributed by atoms with Crippen LogP contribution in [-0.4, -0.2) is 21.9 Å². The molecule has 0 unspecified atom stereocenters. The van der Waals surface area contributed by atoms with Crippen LogP contribution in [0.4, 0.5) is 0 Å². The van der Waals surface area contributed by atoms with Gasteiger partial charge in [-0.15, -0.1) is 0 Å². The number of benzene rings is 3. The molecule has 3 aromatic carbocycles. The lowest BCUT2D eigenvalue weighted by Gasteiger charge is -2.10. The highest BCUT2D eigenvalue weighted by molar-refractivity contribution is 5.97. The maximum atomic E-state index is 5.33. The van der Waals surface area contributed by atoms with Crippen molar-refractivity contribution in [1.82, 2.24) is 14.8 Å². The molecule has 0 aliphatic carbocycles. The topological polar surface area (TPSA) is 39.9 Å². The fourth-order valence-electron chi connectivity index (χ4n) is 3.91. The predicted molar refractivity (Wildman–Crippen MR) is 126 cm³/mol. The second kappa shape index (κ2) is 7.73. The number of aryl methyl sites for hydroxylation is 2. The van der Waals surface area contributed by atoms with Crippen LogP contribution in [0.1, 0.15) is 11.3 Å². The van der Waals surface area contributed by atoms with E-state index in [0.717, 1.165) is 50.5 Å². The molecule has 0 saturated carbocycles. The quantitative estimate of drug-likeness (QED) is 0.348. The Bertz CT molecular complexity index is 1350. The fraction of sp³-hybridized carbons (Fsp3) is 0.111. The van der Waals surface area contributed by atoms with Gasteiger partial charge in [0, 0.05) is 5.56 Å². The Morgan fingerprint density at radius 1 is 0.774 bits per heavy atom. The number of aromatic nitrogens is 3. The van der Waals surface area contributed by atoms with Crippen LogP contribution in [0.3, 0.4) is 0 Å². The van der Waals surface area contributed by atoms with Gasteiger partial charge in [0.15, 0.2) is 5.65 Å². The van der Waals surface area contributed by atoms with Crippen LogP contribution in [0, 0.1) is 13.8 Å². The molecule has 0 atom stereocenters. The number of rotatable bonds is 4. The molecule has 0 amide bonds. The zero-order valence-electron chi connectivity index (χ0n) is 17.8. The molecule has 0 N–H and O–H groups in total. The standard InChI is InChI=1S/C27H23N3O/c1-18-9-11-20(12-10-18)24-17-25(21-13-15-23(31-3)16-14-21)28-27-26(24)19(2)29-30(27)22-7-5-4-6-8-22/h4-17H,1-3H3. The van der Waals surface area contributed by atoms with Crippen molar-refractivity contribution in [2.24, 2.45) is 0 Å². The number of fused-ring (bicyclic) bond motifs is 1. The number of nitrogens with zero attached hydrogens (tertiary/aromatic N) is 3. The zero-order valence-corrected chi connectivity index (χ0v) is 17.8. The summed E-state index contributed by atoms with van der Waals surface area (Å²) in [6.07, 6.45) is 0. The van der Waals surface area contributed by atoms with Crippen LogP contribution in [-0.2, 0) is 0 Å². The molecule has 31 heavy (non-hydrogen) atoms. The van der Waals surface area contributed by atoms with E-state index in [9.17, 15) is 0 Å². The molecule has 4 heteroatoms.